The van der Waals surface area contributed by atoms with Gasteiger partial charge in [-0.05, 0) is 49.7 Å². The normalized spacial score (nSPS) is 15.3. The Morgan fingerprint density at radius 1 is 1.18 bits per heavy atom. The first-order chi connectivity index (χ1) is 16.4. The van der Waals surface area contributed by atoms with Gasteiger partial charge in [0.25, 0.3) is 5.56 Å². The van der Waals surface area contributed by atoms with Crippen LogP contribution in [0, 0.1) is 6.92 Å². The Morgan fingerprint density at radius 2 is 1.88 bits per heavy atom. The van der Waals surface area contributed by atoms with Gasteiger partial charge in [0, 0.05) is 36.9 Å². The van der Waals surface area contributed by atoms with Crippen molar-refractivity contribution in [3.8, 4) is 5.75 Å². The van der Waals surface area contributed by atoms with E-state index in [-0.39, 0.29) is 29.5 Å². The van der Waals surface area contributed by atoms with Crippen molar-refractivity contribution in [2.24, 2.45) is 0 Å². The van der Waals surface area contributed by atoms with Gasteiger partial charge < -0.3 is 23.7 Å². The number of benzene rings is 1. The van der Waals surface area contributed by atoms with Crippen LogP contribution in [0.4, 0.5) is 4.79 Å². The molecule has 1 aromatic carbocycles. The van der Waals surface area contributed by atoms with E-state index in [0.717, 1.165) is 5.56 Å². The average molecular weight is 486 g/mol. The van der Waals surface area contributed by atoms with E-state index in [0.29, 0.717) is 49.3 Å². The highest BCUT2D eigenvalue weighted by Crippen LogP contribution is 2.34. The van der Waals surface area contributed by atoms with Crippen molar-refractivity contribution in [3.63, 3.8) is 0 Å². The lowest BCUT2D eigenvalue weighted by Crippen LogP contribution is -2.50. The van der Waals surface area contributed by atoms with Gasteiger partial charge in [-0.25, -0.2) is 4.79 Å². The number of nitrogens with zero attached hydrogens (tertiary/aromatic N) is 3. The van der Waals surface area contributed by atoms with Crippen LogP contribution in [-0.2, 0) is 11.3 Å². The summed E-state index contributed by atoms with van der Waals surface area (Å²) in [6, 6.07) is 11.9. The molecule has 34 heavy (non-hydrogen) atoms. The van der Waals surface area contributed by atoms with E-state index in [1.807, 2.05) is 18.2 Å². The number of rotatable bonds is 6. The molecule has 1 aliphatic rings. The highest BCUT2D eigenvalue weighted by atomic mass is 35.5. The summed E-state index contributed by atoms with van der Waals surface area (Å²) in [6.45, 7) is 6.07. The number of piperazine rings is 1. The number of hydrogen-bond donors (Lipinski definition) is 1. The van der Waals surface area contributed by atoms with Gasteiger partial charge in [0.15, 0.2) is 0 Å². The summed E-state index contributed by atoms with van der Waals surface area (Å²) in [5.41, 5.74) is 1.45. The van der Waals surface area contributed by atoms with Crippen LogP contribution in [0.1, 0.15) is 35.5 Å². The molecule has 9 heteroatoms. The second kappa shape index (κ2) is 10.4. The highest BCUT2D eigenvalue weighted by Gasteiger charge is 2.32. The molecule has 0 radical (unpaired) electrons. The summed E-state index contributed by atoms with van der Waals surface area (Å²) in [5, 5.41) is 11.6. The average Bonchev–Trinajstić information content (AvgIpc) is 3.34. The predicted molar refractivity (Wildman–Crippen MR) is 128 cm³/mol. The molecule has 1 aliphatic heterocycles. The van der Waals surface area contributed by atoms with Crippen molar-refractivity contribution in [1.29, 1.82) is 0 Å². The van der Waals surface area contributed by atoms with E-state index in [1.54, 1.807) is 53.8 Å². The molecule has 0 spiro atoms. The van der Waals surface area contributed by atoms with Crippen LogP contribution in [0.3, 0.4) is 0 Å². The van der Waals surface area contributed by atoms with Crippen LogP contribution in [0.25, 0.3) is 0 Å². The largest absolute Gasteiger partial charge is 0.507 e. The molecule has 180 valence electrons. The van der Waals surface area contributed by atoms with E-state index in [2.05, 4.69) is 4.90 Å². The number of furan rings is 1. The molecule has 1 amide bonds. The van der Waals surface area contributed by atoms with Crippen LogP contribution in [0.5, 0.6) is 5.75 Å². The first-order valence-electron chi connectivity index (χ1n) is 11.3. The van der Waals surface area contributed by atoms with Crippen LogP contribution in [-0.4, -0.2) is 58.4 Å². The Balaban J connectivity index is 1.74. The topological polar surface area (TPSA) is 88.2 Å². The molecule has 0 bridgehead atoms. The maximum absolute atomic E-state index is 13.7. The molecule has 0 aliphatic carbocycles. The summed E-state index contributed by atoms with van der Waals surface area (Å²) >= 11 is 6.12. The Kier molecular flexibility index (Phi) is 7.29. The van der Waals surface area contributed by atoms with Gasteiger partial charge in [-0.2, -0.15) is 0 Å². The fourth-order valence-electron chi connectivity index (χ4n) is 4.36. The first-order valence-corrected chi connectivity index (χ1v) is 11.6. The second-order valence-electron chi connectivity index (χ2n) is 8.23. The zero-order chi connectivity index (χ0) is 24.2. The number of pyridine rings is 1. The first kappa shape index (κ1) is 23.9. The van der Waals surface area contributed by atoms with E-state index in [4.69, 9.17) is 20.8 Å². The summed E-state index contributed by atoms with van der Waals surface area (Å²) in [5.74, 6) is 0.582. The molecule has 8 nitrogen and oxygen atoms in total. The maximum Gasteiger partial charge on any atom is 0.409 e. The molecule has 4 rings (SSSR count). The zero-order valence-corrected chi connectivity index (χ0v) is 20.0. The fourth-order valence-corrected chi connectivity index (χ4v) is 4.49. The lowest BCUT2D eigenvalue weighted by molar-refractivity contribution is 0.0709. The van der Waals surface area contributed by atoms with Gasteiger partial charge in [0.05, 0.1) is 31.0 Å². The van der Waals surface area contributed by atoms with Gasteiger partial charge in [0.2, 0.25) is 0 Å². The molecule has 1 N–H and O–H groups in total. The van der Waals surface area contributed by atoms with Crippen molar-refractivity contribution < 1.29 is 19.1 Å². The van der Waals surface area contributed by atoms with Gasteiger partial charge in [-0.1, -0.05) is 23.7 Å². The van der Waals surface area contributed by atoms with Crippen LogP contribution in [0.15, 0.2) is 57.9 Å². The predicted octanol–water partition coefficient (Wildman–Crippen LogP) is 4.02. The number of aromatic nitrogens is 1. The lowest BCUT2D eigenvalue weighted by atomic mass is 9.96. The lowest BCUT2D eigenvalue weighted by Gasteiger charge is -2.39. The molecule has 3 aromatic rings. The molecule has 0 unspecified atom stereocenters. The third-order valence-electron chi connectivity index (χ3n) is 6.08. The van der Waals surface area contributed by atoms with Crippen LogP contribution >= 0.6 is 11.6 Å². The number of amides is 1. The van der Waals surface area contributed by atoms with Crippen molar-refractivity contribution in [3.05, 3.63) is 86.7 Å². The molecule has 2 aromatic heterocycles. The standard InChI is InChI=1S/C25H28ClN3O5/c1-3-33-25(32)28-12-10-27(11-13-28)23(18-6-8-19(26)9-7-18)22-21(30)15-17(2)29(24(22)31)16-20-5-4-14-34-20/h4-9,14-15,23,30H,3,10-13,16H2,1-2H3/t23-/m1/s1. The smallest absolute Gasteiger partial charge is 0.409 e. The second-order valence-corrected chi connectivity index (χ2v) is 8.67. The molecule has 0 saturated carbocycles. The number of carbonyl (C=O) groups is 1. The summed E-state index contributed by atoms with van der Waals surface area (Å²) in [6.07, 6.45) is 1.22. The molecule has 1 fully saturated rings. The van der Waals surface area contributed by atoms with Crippen molar-refractivity contribution in [1.82, 2.24) is 14.4 Å². The summed E-state index contributed by atoms with van der Waals surface area (Å²) in [4.78, 5) is 29.7. The van der Waals surface area contributed by atoms with E-state index in [9.17, 15) is 14.7 Å². The number of carbonyl (C=O) groups excluding carboxylic acids is 1. The third kappa shape index (κ3) is 4.98. The Morgan fingerprint density at radius 3 is 2.50 bits per heavy atom. The SMILES string of the molecule is CCOC(=O)N1CCN([C@H](c2ccc(Cl)cc2)c2c(O)cc(C)n(Cc3ccco3)c2=O)CC1. The van der Waals surface area contributed by atoms with Crippen LogP contribution in [0.2, 0.25) is 5.02 Å². The monoisotopic (exact) mass is 485 g/mol. The molecule has 3 heterocycles. The Hall–Kier alpha value is -3.23. The van der Waals surface area contributed by atoms with Crippen molar-refractivity contribution in [2.75, 3.05) is 32.8 Å². The summed E-state index contributed by atoms with van der Waals surface area (Å²) in [7, 11) is 0. The fraction of sp³-hybridized carbons (Fsp3) is 0.360. The third-order valence-corrected chi connectivity index (χ3v) is 6.33. The Bertz CT molecular complexity index is 1180. The van der Waals surface area contributed by atoms with E-state index >= 15 is 0 Å². The quantitative estimate of drug-likeness (QED) is 0.567. The van der Waals surface area contributed by atoms with Crippen molar-refractivity contribution in [2.45, 2.75) is 26.4 Å². The number of ether oxygens (including phenoxy) is 1. The number of halogens is 1. The number of hydrogen-bond acceptors (Lipinski definition) is 6. The van der Waals surface area contributed by atoms with Gasteiger partial charge in [-0.15, -0.1) is 0 Å². The number of aromatic hydroxyl groups is 1. The minimum absolute atomic E-state index is 0.0639. The minimum atomic E-state index is -0.516. The van der Waals surface area contributed by atoms with E-state index < -0.39 is 6.04 Å². The van der Waals surface area contributed by atoms with E-state index in [1.165, 1.54) is 0 Å². The summed E-state index contributed by atoms with van der Waals surface area (Å²) < 4.78 is 12.2. The maximum atomic E-state index is 13.7. The van der Waals surface area contributed by atoms with Crippen molar-refractivity contribution >= 4 is 17.7 Å². The zero-order valence-electron chi connectivity index (χ0n) is 19.2. The molecular weight excluding hydrogens is 458 g/mol. The molecule has 1 atom stereocenters. The van der Waals surface area contributed by atoms with Crippen LogP contribution < -0.4 is 5.56 Å². The van der Waals surface area contributed by atoms with Gasteiger partial charge in [-0.3, -0.25) is 9.69 Å². The number of aryl methyl sites for hydroxylation is 1. The molecular formula is C25H28ClN3O5. The Labute approximate surface area is 202 Å². The van der Waals surface area contributed by atoms with Gasteiger partial charge in [0.1, 0.15) is 11.5 Å². The highest BCUT2D eigenvalue weighted by molar-refractivity contribution is 6.30. The van der Waals surface area contributed by atoms with Gasteiger partial charge >= 0.3 is 6.09 Å². The molecule has 1 saturated heterocycles. The minimum Gasteiger partial charge on any atom is -0.507 e.